The summed E-state index contributed by atoms with van der Waals surface area (Å²) in [5, 5.41) is 15.9. The molecule has 7 nitrogen and oxygen atoms in total. The molecule has 0 aliphatic rings. The molecule has 11 heavy (non-hydrogen) atoms. The molecule has 0 radical (unpaired) electrons. The largest absolute Gasteiger partial charge is 0.480 e. The van der Waals surface area contributed by atoms with Crippen molar-refractivity contribution >= 4 is 14.2 Å². The van der Waals surface area contributed by atoms with Crippen molar-refractivity contribution in [3.8, 4) is 0 Å². The lowest BCUT2D eigenvalue weighted by molar-refractivity contribution is -0.139. The zero-order chi connectivity index (χ0) is 9.44. The minimum absolute atomic E-state index is 0.505. The van der Waals surface area contributed by atoms with Gasteiger partial charge in [0.05, 0.1) is 6.61 Å². The maximum absolute atomic E-state index is 9.65. The number of carboxylic acid groups (broad SMARTS) is 1. The molecular formula is C3H10NO6P. The number of aliphatic hydroxyl groups is 1. The molecule has 0 aliphatic carbocycles. The van der Waals surface area contributed by atoms with Crippen molar-refractivity contribution in [3.05, 3.63) is 0 Å². The SMILES string of the molecule is NC(CO)C(=O)O.O=[PH](O)O. The Bertz CT molecular complexity index is 134. The van der Waals surface area contributed by atoms with Gasteiger partial charge in [-0.2, -0.15) is 0 Å². The highest BCUT2D eigenvalue weighted by Gasteiger charge is 2.06. The van der Waals surface area contributed by atoms with Crippen molar-refractivity contribution in [1.82, 2.24) is 0 Å². The number of carboxylic acids is 1. The number of carbonyl (C=O) groups is 1. The Balaban J connectivity index is 0. The second-order valence-corrected chi connectivity index (χ2v) is 1.98. The summed E-state index contributed by atoms with van der Waals surface area (Å²) < 4.78 is 8.74. The van der Waals surface area contributed by atoms with Crippen LogP contribution in [0.5, 0.6) is 0 Å². The van der Waals surface area contributed by atoms with Gasteiger partial charge in [-0.15, -0.1) is 0 Å². The Labute approximate surface area is 63.0 Å². The molecule has 1 unspecified atom stereocenters. The second-order valence-electron chi connectivity index (χ2n) is 1.41. The predicted molar refractivity (Wildman–Crippen MR) is 36.1 cm³/mol. The van der Waals surface area contributed by atoms with Gasteiger partial charge in [0.1, 0.15) is 6.04 Å². The molecule has 0 heterocycles. The van der Waals surface area contributed by atoms with E-state index >= 15 is 0 Å². The molecule has 0 amide bonds. The van der Waals surface area contributed by atoms with Gasteiger partial charge in [0, 0.05) is 0 Å². The zero-order valence-electron chi connectivity index (χ0n) is 5.47. The van der Waals surface area contributed by atoms with Crippen LogP contribution in [0.25, 0.3) is 0 Å². The van der Waals surface area contributed by atoms with Crippen LogP contribution < -0.4 is 5.73 Å². The summed E-state index contributed by atoms with van der Waals surface area (Å²) in [5.74, 6) is -1.18. The first-order valence-electron chi connectivity index (χ1n) is 2.43. The van der Waals surface area contributed by atoms with Crippen molar-refractivity contribution in [2.45, 2.75) is 6.04 Å². The van der Waals surface area contributed by atoms with E-state index in [2.05, 4.69) is 0 Å². The lowest BCUT2D eigenvalue weighted by Gasteiger charge is -1.96. The van der Waals surface area contributed by atoms with Crippen molar-refractivity contribution < 1.29 is 29.4 Å². The summed E-state index contributed by atoms with van der Waals surface area (Å²) in [4.78, 5) is 24.0. The van der Waals surface area contributed by atoms with E-state index in [1.54, 1.807) is 0 Å². The fraction of sp³-hybridized carbons (Fsp3) is 0.667. The summed E-state index contributed by atoms with van der Waals surface area (Å²) in [7, 11) is -3.13. The van der Waals surface area contributed by atoms with Crippen LogP contribution in [0.3, 0.4) is 0 Å². The van der Waals surface area contributed by atoms with Gasteiger partial charge in [0.2, 0.25) is 0 Å². The van der Waals surface area contributed by atoms with Crippen LogP contribution in [0.2, 0.25) is 0 Å². The first kappa shape index (κ1) is 13.2. The molecule has 0 aliphatic heterocycles. The van der Waals surface area contributed by atoms with E-state index in [-0.39, 0.29) is 0 Å². The van der Waals surface area contributed by atoms with E-state index in [1.165, 1.54) is 0 Å². The second kappa shape index (κ2) is 7.64. The summed E-state index contributed by atoms with van der Waals surface area (Å²) in [6, 6.07) is -1.13. The van der Waals surface area contributed by atoms with Gasteiger partial charge < -0.3 is 25.7 Å². The number of aliphatic carboxylic acids is 1. The number of aliphatic hydroxyl groups excluding tert-OH is 1. The smallest absolute Gasteiger partial charge is 0.322 e. The van der Waals surface area contributed by atoms with E-state index in [9.17, 15) is 4.79 Å². The molecule has 0 aromatic carbocycles. The average molecular weight is 187 g/mol. The molecule has 0 aromatic rings. The lowest BCUT2D eigenvalue weighted by atomic mass is 10.3. The van der Waals surface area contributed by atoms with Crippen LogP contribution in [-0.4, -0.2) is 38.6 Å². The van der Waals surface area contributed by atoms with E-state index in [0.29, 0.717) is 0 Å². The molecule has 0 aromatic heterocycles. The van der Waals surface area contributed by atoms with Crippen molar-refractivity contribution in [3.63, 3.8) is 0 Å². The van der Waals surface area contributed by atoms with Crippen molar-refractivity contribution in [2.24, 2.45) is 5.73 Å². The quantitative estimate of drug-likeness (QED) is 0.307. The van der Waals surface area contributed by atoms with Crippen LogP contribution >= 0.6 is 8.25 Å². The summed E-state index contributed by atoms with van der Waals surface area (Å²) >= 11 is 0. The maximum Gasteiger partial charge on any atom is 0.322 e. The first-order chi connectivity index (χ1) is 4.91. The molecule has 0 saturated heterocycles. The fourth-order valence-electron chi connectivity index (χ4n) is 0.0781. The number of hydrogen-bond donors (Lipinski definition) is 5. The van der Waals surface area contributed by atoms with Crippen molar-refractivity contribution in [1.29, 1.82) is 0 Å². The van der Waals surface area contributed by atoms with E-state index in [0.717, 1.165) is 0 Å². The molecule has 0 spiro atoms. The van der Waals surface area contributed by atoms with Crippen molar-refractivity contribution in [2.75, 3.05) is 6.61 Å². The number of rotatable bonds is 2. The average Bonchev–Trinajstić information content (AvgIpc) is 1.85. The Morgan fingerprint density at radius 2 is 1.82 bits per heavy atom. The standard InChI is InChI=1S/C3H7NO3.H3O3P/c4-2(1-5)3(6)7;1-4(2)3/h2,5H,1,4H2,(H,6,7);4H,(H2,1,2,3). The van der Waals surface area contributed by atoms with Gasteiger partial charge in [-0.25, -0.2) is 0 Å². The molecule has 68 valence electrons. The summed E-state index contributed by atoms with van der Waals surface area (Å²) in [5.41, 5.74) is 4.77. The molecule has 0 fully saturated rings. The van der Waals surface area contributed by atoms with Crippen LogP contribution in [0, 0.1) is 0 Å². The fourth-order valence-corrected chi connectivity index (χ4v) is 0.0781. The van der Waals surface area contributed by atoms with Gasteiger partial charge >= 0.3 is 14.2 Å². The molecule has 0 saturated carbocycles. The molecular weight excluding hydrogens is 177 g/mol. The third kappa shape index (κ3) is 17.7. The van der Waals surface area contributed by atoms with Gasteiger partial charge in [0.15, 0.2) is 0 Å². The maximum atomic E-state index is 9.65. The van der Waals surface area contributed by atoms with Crippen LogP contribution in [0.1, 0.15) is 0 Å². The third-order valence-corrected chi connectivity index (χ3v) is 0.514. The number of hydrogen-bond acceptors (Lipinski definition) is 4. The third-order valence-electron chi connectivity index (χ3n) is 0.514. The molecule has 1 atom stereocenters. The Kier molecular flexibility index (Phi) is 9.14. The monoisotopic (exact) mass is 187 g/mol. The highest BCUT2D eigenvalue weighted by Crippen LogP contribution is 1.98. The van der Waals surface area contributed by atoms with E-state index in [4.69, 9.17) is 30.3 Å². The normalized spacial score (nSPS) is 11.7. The Hall–Kier alpha value is -0.460. The van der Waals surface area contributed by atoms with Gasteiger partial charge in [-0.3, -0.25) is 9.36 Å². The summed E-state index contributed by atoms with van der Waals surface area (Å²) in [6.45, 7) is -0.505. The van der Waals surface area contributed by atoms with E-state index < -0.39 is 26.9 Å². The highest BCUT2D eigenvalue weighted by atomic mass is 31.1. The molecule has 0 rings (SSSR count). The number of nitrogens with two attached hydrogens (primary N) is 1. The van der Waals surface area contributed by atoms with Gasteiger partial charge in [0.25, 0.3) is 0 Å². The molecule has 8 heteroatoms. The highest BCUT2D eigenvalue weighted by molar-refractivity contribution is 7.30. The van der Waals surface area contributed by atoms with Crippen LogP contribution in [0.4, 0.5) is 0 Å². The van der Waals surface area contributed by atoms with Crippen LogP contribution in [-0.2, 0) is 9.36 Å². The topological polar surface area (TPSA) is 141 Å². The predicted octanol–water partition coefficient (Wildman–Crippen LogP) is -2.25. The minimum Gasteiger partial charge on any atom is -0.480 e. The van der Waals surface area contributed by atoms with Crippen LogP contribution in [0.15, 0.2) is 0 Å². The summed E-state index contributed by atoms with van der Waals surface area (Å²) in [6.07, 6.45) is 0. The van der Waals surface area contributed by atoms with Gasteiger partial charge in [-0.1, -0.05) is 0 Å². The van der Waals surface area contributed by atoms with E-state index in [1.807, 2.05) is 0 Å². The molecule has 0 bridgehead atoms. The lowest BCUT2D eigenvalue weighted by Crippen LogP contribution is -2.33. The Morgan fingerprint density at radius 3 is 1.82 bits per heavy atom. The minimum atomic E-state index is -3.13. The first-order valence-corrected chi connectivity index (χ1v) is 3.73. The zero-order valence-corrected chi connectivity index (χ0v) is 6.47. The molecule has 6 N–H and O–H groups in total. The Morgan fingerprint density at radius 1 is 1.55 bits per heavy atom. The van der Waals surface area contributed by atoms with Gasteiger partial charge in [-0.05, 0) is 0 Å².